The van der Waals surface area contributed by atoms with Crippen LogP contribution in [-0.4, -0.2) is 46.3 Å². The molecule has 1 amide bonds. The number of alkyl halides is 4. The number of allylic oxidation sites excluding steroid dienone is 1. The average Bonchev–Trinajstić information content (AvgIpc) is 3.14. The lowest BCUT2D eigenvalue weighted by Gasteiger charge is -2.32. The highest BCUT2D eigenvalue weighted by Gasteiger charge is 2.32. The van der Waals surface area contributed by atoms with Gasteiger partial charge >= 0.3 is 11.4 Å². The second kappa shape index (κ2) is 10.8. The highest BCUT2D eigenvalue weighted by atomic mass is 32.2. The molecule has 1 saturated carbocycles. The van der Waals surface area contributed by atoms with Crippen LogP contribution in [0.4, 0.5) is 22.4 Å². The molecule has 2 heterocycles. The van der Waals surface area contributed by atoms with Crippen molar-refractivity contribution in [2.75, 3.05) is 13.1 Å². The lowest BCUT2D eigenvalue weighted by molar-refractivity contribution is -0.137. The summed E-state index contributed by atoms with van der Waals surface area (Å²) in [6.45, 7) is 0.918. The summed E-state index contributed by atoms with van der Waals surface area (Å²) in [5.74, 6) is 0.780. The number of rotatable bonds is 5. The van der Waals surface area contributed by atoms with Gasteiger partial charge in [-0.2, -0.15) is 18.2 Å². The maximum Gasteiger partial charge on any atom is 0.416 e. The number of piperidine rings is 1. The zero-order valence-corrected chi connectivity index (χ0v) is 19.6. The molecule has 0 unspecified atom stereocenters. The van der Waals surface area contributed by atoms with E-state index in [-0.39, 0.29) is 22.8 Å². The minimum atomic E-state index is -4.49. The van der Waals surface area contributed by atoms with Crippen molar-refractivity contribution in [1.82, 2.24) is 10.2 Å². The van der Waals surface area contributed by atoms with Gasteiger partial charge in [-0.1, -0.05) is 25.0 Å². The van der Waals surface area contributed by atoms with E-state index >= 15 is 0 Å². The van der Waals surface area contributed by atoms with Gasteiger partial charge in [-0.25, -0.2) is 4.39 Å². The van der Waals surface area contributed by atoms with Crippen LogP contribution in [0.2, 0.25) is 0 Å². The number of aliphatic hydroxyl groups excluding tert-OH is 1. The van der Waals surface area contributed by atoms with Crippen LogP contribution in [0.5, 0.6) is 0 Å². The normalized spacial score (nSPS) is 26.2. The van der Waals surface area contributed by atoms with Gasteiger partial charge < -0.3 is 10.4 Å². The molecule has 0 bridgehead atoms. The smallest absolute Gasteiger partial charge is 0.391 e. The third-order valence-electron chi connectivity index (χ3n) is 6.78. The second-order valence-electron chi connectivity index (χ2n) is 9.19. The van der Waals surface area contributed by atoms with Crippen LogP contribution in [0.25, 0.3) is 0 Å². The summed E-state index contributed by atoms with van der Waals surface area (Å²) in [5.41, 5.74) is -0.171. The Bertz CT molecular complexity index is 958. The first kappa shape index (κ1) is 25.2. The van der Waals surface area contributed by atoms with Crippen molar-refractivity contribution in [2.45, 2.75) is 70.1 Å². The third kappa shape index (κ3) is 6.20. The molecule has 4 rings (SSSR count). The number of aliphatic hydroxyl groups is 1. The summed E-state index contributed by atoms with van der Waals surface area (Å²) in [5, 5.41) is 13.2. The second-order valence-corrected chi connectivity index (χ2v) is 10.2. The first-order chi connectivity index (χ1) is 16.2. The molecule has 2 fully saturated rings. The van der Waals surface area contributed by atoms with E-state index in [9.17, 15) is 27.5 Å². The number of thioether (sulfide) groups is 1. The number of hydrogen-bond acceptors (Lipinski definition) is 5. The van der Waals surface area contributed by atoms with E-state index in [1.165, 1.54) is 6.07 Å². The summed E-state index contributed by atoms with van der Waals surface area (Å²) in [4.78, 5) is 19.0. The molecule has 1 aromatic carbocycles. The quantitative estimate of drug-likeness (QED) is 0.529. The minimum Gasteiger partial charge on any atom is -0.391 e. The van der Waals surface area contributed by atoms with Gasteiger partial charge in [0.15, 0.2) is 0 Å². The fraction of sp³-hybridized carbons (Fsp3) is 0.583. The first-order valence-corrected chi connectivity index (χ1v) is 12.5. The van der Waals surface area contributed by atoms with Crippen LogP contribution in [0.15, 0.2) is 34.2 Å². The van der Waals surface area contributed by atoms with Crippen molar-refractivity contribution in [1.29, 1.82) is 0 Å². The van der Waals surface area contributed by atoms with E-state index in [0.717, 1.165) is 80.4 Å². The molecule has 2 atom stereocenters. The fourth-order valence-corrected chi connectivity index (χ4v) is 5.58. The molecular formula is C24H29F4N3O2S. The van der Waals surface area contributed by atoms with Gasteiger partial charge in [0.05, 0.1) is 22.6 Å². The number of benzene rings is 1. The molecule has 5 nitrogen and oxygen atoms in total. The van der Waals surface area contributed by atoms with Crippen LogP contribution in [0.1, 0.15) is 55.2 Å². The first-order valence-electron chi connectivity index (χ1n) is 11.7. The van der Waals surface area contributed by atoms with Crippen molar-refractivity contribution < 1.29 is 27.5 Å². The van der Waals surface area contributed by atoms with Gasteiger partial charge in [-0.05, 0) is 79.7 Å². The molecule has 1 saturated heterocycles. The van der Waals surface area contributed by atoms with Crippen molar-refractivity contribution in [3.05, 3.63) is 45.9 Å². The number of hydrogen-bond donors (Lipinski definition) is 2. The molecule has 3 aliphatic rings. The number of likely N-dealkylation sites (tertiary alicyclic amines) is 1. The summed E-state index contributed by atoms with van der Waals surface area (Å²) in [6, 6.07) is 3.19. The molecule has 1 aromatic rings. The van der Waals surface area contributed by atoms with Gasteiger partial charge in [-0.15, -0.1) is 0 Å². The van der Waals surface area contributed by atoms with Crippen molar-refractivity contribution in [3.8, 4) is 0 Å². The Balaban J connectivity index is 1.34. The van der Waals surface area contributed by atoms with Crippen LogP contribution in [-0.2, 0) is 19.4 Å². The van der Waals surface area contributed by atoms with Gasteiger partial charge in [-0.3, -0.25) is 9.69 Å². The number of amidine groups is 1. The fourth-order valence-electron chi connectivity index (χ4n) is 4.80. The average molecular weight is 500 g/mol. The summed E-state index contributed by atoms with van der Waals surface area (Å²) in [6.07, 6.45) is 2.40. The zero-order valence-electron chi connectivity index (χ0n) is 18.8. The molecule has 2 aliphatic heterocycles. The van der Waals surface area contributed by atoms with Gasteiger partial charge in [0.2, 0.25) is 0 Å². The molecule has 0 radical (unpaired) electrons. The molecule has 10 heteroatoms. The third-order valence-corrected chi connectivity index (χ3v) is 7.59. The Labute approximate surface area is 200 Å². The highest BCUT2D eigenvalue weighted by Crippen LogP contribution is 2.33. The number of nitrogens with zero attached hydrogens (tertiary/aromatic N) is 2. The number of amides is 1. The van der Waals surface area contributed by atoms with E-state index in [1.807, 2.05) is 0 Å². The van der Waals surface area contributed by atoms with E-state index in [1.54, 1.807) is 0 Å². The van der Waals surface area contributed by atoms with Gasteiger partial charge in [0.1, 0.15) is 12.5 Å². The van der Waals surface area contributed by atoms with E-state index in [2.05, 4.69) is 21.3 Å². The highest BCUT2D eigenvalue weighted by molar-refractivity contribution is 8.18. The van der Waals surface area contributed by atoms with Crippen LogP contribution >= 0.6 is 11.8 Å². The summed E-state index contributed by atoms with van der Waals surface area (Å²) >= 11 is 1.10. The Hall–Kier alpha value is -1.91. The number of halogens is 4. The van der Waals surface area contributed by atoms with Crippen LogP contribution in [0, 0.1) is 5.92 Å². The molecule has 0 aromatic heterocycles. The predicted octanol–water partition coefficient (Wildman–Crippen LogP) is 5.43. The van der Waals surface area contributed by atoms with Gasteiger partial charge in [0, 0.05) is 6.54 Å². The van der Waals surface area contributed by atoms with E-state index in [0.29, 0.717) is 17.9 Å². The van der Waals surface area contributed by atoms with E-state index < -0.39 is 24.5 Å². The monoisotopic (exact) mass is 499 g/mol. The Morgan fingerprint density at radius 1 is 1.15 bits per heavy atom. The van der Waals surface area contributed by atoms with Gasteiger partial charge in [0.25, 0.3) is 0 Å². The molecule has 2 N–H and O–H groups in total. The van der Waals surface area contributed by atoms with Crippen molar-refractivity contribution in [2.24, 2.45) is 10.9 Å². The number of carbonyl (C=O) groups excluding carboxylic acids is 1. The Morgan fingerprint density at radius 3 is 2.56 bits per heavy atom. The van der Waals surface area contributed by atoms with Crippen molar-refractivity contribution >= 4 is 22.8 Å². The summed E-state index contributed by atoms with van der Waals surface area (Å²) in [7, 11) is 0. The maximum absolute atomic E-state index is 13.4. The zero-order chi connectivity index (χ0) is 24.3. The topological polar surface area (TPSA) is 64.9 Å². The standard InChI is InChI=1S/C24H29F4N3O2S/c25-13-17-12-18(24(26,27)28)6-5-16(17)14-31-9-7-15(8-10-31)11-21-22(30-23(33)34-21)29-19-3-1-2-4-20(19)32/h5-6,11-12,15,19-20,32H,1-4,7-10,13-14H2,(H,29,30,33)/b21-11-/t19-,20-/m1/s1. The lowest BCUT2D eigenvalue weighted by atomic mass is 9.92. The molecular weight excluding hydrogens is 470 g/mol. The Kier molecular flexibility index (Phi) is 7.99. The largest absolute Gasteiger partial charge is 0.416 e. The summed E-state index contributed by atoms with van der Waals surface area (Å²) < 4.78 is 52.2. The predicted molar refractivity (Wildman–Crippen MR) is 124 cm³/mol. The molecule has 186 valence electrons. The lowest BCUT2D eigenvalue weighted by Crippen LogP contribution is -2.45. The van der Waals surface area contributed by atoms with Crippen LogP contribution < -0.4 is 5.32 Å². The number of carbonyl (C=O) groups is 1. The SMILES string of the molecule is O=C1N=C(N[C@@H]2CCCC[C@H]2O)/C(=C/C2CCN(Cc3ccc(C(F)(F)F)cc3CF)CC2)S1. The van der Waals surface area contributed by atoms with Crippen LogP contribution in [0.3, 0.4) is 0 Å². The van der Waals surface area contributed by atoms with Crippen molar-refractivity contribution in [3.63, 3.8) is 0 Å². The Morgan fingerprint density at radius 2 is 1.88 bits per heavy atom. The molecule has 1 aliphatic carbocycles. The number of nitrogens with one attached hydrogen (secondary N) is 1. The molecule has 0 spiro atoms. The molecule has 34 heavy (non-hydrogen) atoms. The van der Waals surface area contributed by atoms with E-state index in [4.69, 9.17) is 0 Å². The number of aliphatic imine (C=N–C) groups is 1. The minimum absolute atomic E-state index is 0.0803. The maximum atomic E-state index is 13.4.